The Balaban J connectivity index is 2.14. The van der Waals surface area contributed by atoms with E-state index in [1.807, 2.05) is 12.1 Å². The van der Waals surface area contributed by atoms with Crippen molar-refractivity contribution in [3.05, 3.63) is 35.1 Å². The highest BCUT2D eigenvalue weighted by Crippen LogP contribution is 2.26. The summed E-state index contributed by atoms with van der Waals surface area (Å²) in [5.74, 6) is 0.230. The molecule has 0 spiro atoms. The molecule has 0 saturated carbocycles. The van der Waals surface area contributed by atoms with Crippen LogP contribution in [0.2, 0.25) is 0 Å². The Morgan fingerprint density at radius 2 is 2.38 bits per heavy atom. The Labute approximate surface area is 95.8 Å². The number of ether oxygens (including phenoxy) is 1. The summed E-state index contributed by atoms with van der Waals surface area (Å²) in [6.45, 7) is 2.42. The SMILES string of the molecule is COCc1ccc(C2CCCNC2)c(F)c1. The molecule has 0 aliphatic carbocycles. The Hall–Kier alpha value is -0.930. The van der Waals surface area contributed by atoms with Gasteiger partial charge < -0.3 is 10.1 Å². The number of benzene rings is 1. The van der Waals surface area contributed by atoms with Crippen LogP contribution in [-0.2, 0) is 11.3 Å². The molecule has 1 atom stereocenters. The van der Waals surface area contributed by atoms with Crippen molar-refractivity contribution in [1.82, 2.24) is 5.32 Å². The largest absolute Gasteiger partial charge is 0.380 e. The Kier molecular flexibility index (Phi) is 3.91. The molecule has 2 rings (SSSR count). The molecule has 1 fully saturated rings. The average molecular weight is 223 g/mol. The van der Waals surface area contributed by atoms with Gasteiger partial charge in [-0.15, -0.1) is 0 Å². The second kappa shape index (κ2) is 5.41. The second-order valence-electron chi connectivity index (χ2n) is 4.33. The first-order valence-corrected chi connectivity index (χ1v) is 5.79. The van der Waals surface area contributed by atoms with Crippen molar-refractivity contribution in [1.29, 1.82) is 0 Å². The van der Waals surface area contributed by atoms with Gasteiger partial charge in [-0.2, -0.15) is 0 Å². The summed E-state index contributed by atoms with van der Waals surface area (Å²) < 4.78 is 18.9. The van der Waals surface area contributed by atoms with E-state index in [0.717, 1.165) is 37.1 Å². The average Bonchev–Trinajstić information content (AvgIpc) is 2.31. The van der Waals surface area contributed by atoms with Crippen molar-refractivity contribution in [2.45, 2.75) is 25.4 Å². The van der Waals surface area contributed by atoms with Crippen molar-refractivity contribution >= 4 is 0 Å². The topological polar surface area (TPSA) is 21.3 Å². The van der Waals surface area contributed by atoms with Gasteiger partial charge in [0.1, 0.15) is 5.82 Å². The van der Waals surface area contributed by atoms with E-state index in [-0.39, 0.29) is 5.82 Å². The van der Waals surface area contributed by atoms with Crippen LogP contribution in [0.1, 0.15) is 29.9 Å². The summed E-state index contributed by atoms with van der Waals surface area (Å²) in [5, 5.41) is 3.31. The van der Waals surface area contributed by atoms with Crippen molar-refractivity contribution in [2.24, 2.45) is 0 Å². The van der Waals surface area contributed by atoms with E-state index < -0.39 is 0 Å². The first-order valence-electron chi connectivity index (χ1n) is 5.79. The summed E-state index contributed by atoms with van der Waals surface area (Å²) in [7, 11) is 1.62. The third-order valence-corrected chi connectivity index (χ3v) is 3.11. The normalized spacial score (nSPS) is 21.0. The lowest BCUT2D eigenvalue weighted by Crippen LogP contribution is -2.28. The smallest absolute Gasteiger partial charge is 0.127 e. The van der Waals surface area contributed by atoms with Gasteiger partial charge in [-0.3, -0.25) is 0 Å². The third kappa shape index (κ3) is 2.60. The lowest BCUT2D eigenvalue weighted by atomic mass is 9.91. The predicted octanol–water partition coefficient (Wildman–Crippen LogP) is 2.44. The molecule has 1 aliphatic heterocycles. The molecule has 3 heteroatoms. The molecule has 1 aliphatic rings. The Morgan fingerprint density at radius 1 is 1.50 bits per heavy atom. The van der Waals surface area contributed by atoms with Gasteiger partial charge in [0.15, 0.2) is 0 Å². The first-order chi connectivity index (χ1) is 7.81. The lowest BCUT2D eigenvalue weighted by Gasteiger charge is -2.23. The van der Waals surface area contributed by atoms with Gasteiger partial charge in [0.25, 0.3) is 0 Å². The second-order valence-corrected chi connectivity index (χ2v) is 4.33. The number of piperidine rings is 1. The van der Waals surface area contributed by atoms with Gasteiger partial charge in [-0.25, -0.2) is 4.39 Å². The van der Waals surface area contributed by atoms with Crippen molar-refractivity contribution in [3.8, 4) is 0 Å². The van der Waals surface area contributed by atoms with E-state index in [2.05, 4.69) is 5.32 Å². The van der Waals surface area contributed by atoms with Crippen molar-refractivity contribution < 1.29 is 9.13 Å². The van der Waals surface area contributed by atoms with Crippen molar-refractivity contribution in [2.75, 3.05) is 20.2 Å². The maximum absolute atomic E-state index is 13.9. The van der Waals surface area contributed by atoms with Gasteiger partial charge in [0.2, 0.25) is 0 Å². The van der Waals surface area contributed by atoms with E-state index in [1.54, 1.807) is 13.2 Å². The molecule has 0 bridgehead atoms. The molecule has 1 aromatic carbocycles. The quantitative estimate of drug-likeness (QED) is 0.849. The third-order valence-electron chi connectivity index (χ3n) is 3.11. The zero-order chi connectivity index (χ0) is 11.4. The predicted molar refractivity (Wildman–Crippen MR) is 62.0 cm³/mol. The van der Waals surface area contributed by atoms with Gasteiger partial charge >= 0.3 is 0 Å². The summed E-state index contributed by atoms with van der Waals surface area (Å²) in [6.07, 6.45) is 2.21. The van der Waals surface area contributed by atoms with E-state index >= 15 is 0 Å². The summed E-state index contributed by atoms with van der Waals surface area (Å²) >= 11 is 0. The van der Waals surface area contributed by atoms with Gasteiger partial charge in [-0.05, 0) is 42.5 Å². The number of hydrogen-bond donors (Lipinski definition) is 1. The lowest BCUT2D eigenvalue weighted by molar-refractivity contribution is 0.184. The Morgan fingerprint density at radius 3 is 3.00 bits per heavy atom. The molecule has 0 amide bonds. The fraction of sp³-hybridized carbons (Fsp3) is 0.538. The minimum atomic E-state index is -0.0942. The van der Waals surface area contributed by atoms with Crippen molar-refractivity contribution in [3.63, 3.8) is 0 Å². The van der Waals surface area contributed by atoms with E-state index in [0.29, 0.717) is 12.5 Å². The number of methoxy groups -OCH3 is 1. The zero-order valence-electron chi connectivity index (χ0n) is 9.63. The van der Waals surface area contributed by atoms with Crippen LogP contribution in [0.25, 0.3) is 0 Å². The standard InChI is InChI=1S/C13H18FNO/c1-16-9-10-4-5-12(13(14)7-10)11-3-2-6-15-8-11/h4-5,7,11,15H,2-3,6,8-9H2,1H3. The minimum Gasteiger partial charge on any atom is -0.380 e. The first kappa shape index (κ1) is 11.6. The molecule has 1 aromatic rings. The highest BCUT2D eigenvalue weighted by Gasteiger charge is 2.18. The number of nitrogens with one attached hydrogen (secondary N) is 1. The number of halogens is 1. The van der Waals surface area contributed by atoms with Crippen LogP contribution in [0.5, 0.6) is 0 Å². The van der Waals surface area contributed by atoms with Crippen LogP contribution in [-0.4, -0.2) is 20.2 Å². The van der Waals surface area contributed by atoms with Crippen LogP contribution in [0, 0.1) is 5.82 Å². The van der Waals surface area contributed by atoms with Crippen LogP contribution < -0.4 is 5.32 Å². The molecule has 0 radical (unpaired) electrons. The molecule has 2 nitrogen and oxygen atoms in total. The van der Waals surface area contributed by atoms with Crippen LogP contribution in [0.15, 0.2) is 18.2 Å². The fourth-order valence-electron chi connectivity index (χ4n) is 2.28. The fourth-order valence-corrected chi connectivity index (χ4v) is 2.28. The maximum atomic E-state index is 13.9. The van der Waals surface area contributed by atoms with E-state index in [1.165, 1.54) is 0 Å². The summed E-state index contributed by atoms with van der Waals surface area (Å²) in [5.41, 5.74) is 1.74. The summed E-state index contributed by atoms with van der Waals surface area (Å²) in [6, 6.07) is 5.45. The molecule has 1 unspecified atom stereocenters. The van der Waals surface area contributed by atoms with Gasteiger partial charge in [0.05, 0.1) is 6.61 Å². The molecule has 88 valence electrons. The molecular weight excluding hydrogens is 205 g/mol. The maximum Gasteiger partial charge on any atom is 0.127 e. The van der Waals surface area contributed by atoms with Gasteiger partial charge in [-0.1, -0.05) is 12.1 Å². The van der Waals surface area contributed by atoms with Crippen LogP contribution in [0.3, 0.4) is 0 Å². The molecular formula is C13H18FNO. The molecule has 1 saturated heterocycles. The highest BCUT2D eigenvalue weighted by atomic mass is 19.1. The number of rotatable bonds is 3. The Bertz CT molecular complexity index is 348. The van der Waals surface area contributed by atoms with Gasteiger partial charge in [0, 0.05) is 13.7 Å². The van der Waals surface area contributed by atoms with Crippen LogP contribution >= 0.6 is 0 Å². The molecule has 1 N–H and O–H groups in total. The van der Waals surface area contributed by atoms with Crippen LogP contribution in [0.4, 0.5) is 4.39 Å². The monoisotopic (exact) mass is 223 g/mol. The molecule has 16 heavy (non-hydrogen) atoms. The zero-order valence-corrected chi connectivity index (χ0v) is 9.63. The summed E-state index contributed by atoms with van der Waals surface area (Å²) in [4.78, 5) is 0. The minimum absolute atomic E-state index is 0.0942. The van der Waals surface area contributed by atoms with E-state index in [4.69, 9.17) is 4.74 Å². The number of hydrogen-bond acceptors (Lipinski definition) is 2. The molecule has 1 heterocycles. The van der Waals surface area contributed by atoms with E-state index in [9.17, 15) is 4.39 Å². The molecule has 0 aromatic heterocycles. The highest BCUT2D eigenvalue weighted by molar-refractivity contribution is 5.27.